The van der Waals surface area contributed by atoms with Gasteiger partial charge in [-0.25, -0.2) is 9.78 Å². The van der Waals surface area contributed by atoms with Gasteiger partial charge in [-0.05, 0) is 31.2 Å². The quantitative estimate of drug-likeness (QED) is 0.826. The first-order valence-corrected chi connectivity index (χ1v) is 8.49. The fourth-order valence-electron chi connectivity index (χ4n) is 2.44. The molecule has 3 rings (SSSR count). The molecule has 2 aromatic rings. The lowest BCUT2D eigenvalue weighted by atomic mass is 10.0. The second-order valence-electron chi connectivity index (χ2n) is 5.45. The highest BCUT2D eigenvalue weighted by molar-refractivity contribution is 7.15. The number of rotatable bonds is 6. The third-order valence-corrected chi connectivity index (χ3v) is 4.69. The van der Waals surface area contributed by atoms with E-state index in [2.05, 4.69) is 10.3 Å². The van der Waals surface area contributed by atoms with Gasteiger partial charge in [0.2, 0.25) is 5.01 Å². The van der Waals surface area contributed by atoms with Gasteiger partial charge in [0.1, 0.15) is 4.88 Å². The molecule has 1 aliphatic rings. The first kappa shape index (κ1) is 15.7. The number of thiazole rings is 1. The fourth-order valence-corrected chi connectivity index (χ4v) is 3.15. The number of amides is 1. The van der Waals surface area contributed by atoms with Crippen LogP contribution in [-0.2, 0) is 4.74 Å². The third-order valence-electron chi connectivity index (χ3n) is 3.72. The van der Waals surface area contributed by atoms with Gasteiger partial charge in [0, 0.05) is 0 Å². The SMILES string of the molecule is CCOC(=O)c1ncc(C(=O)N[C@H](c2ccccc2)C2CC2)s1. The highest BCUT2D eigenvalue weighted by Crippen LogP contribution is 2.41. The van der Waals surface area contributed by atoms with Crippen LogP contribution in [0.3, 0.4) is 0 Å². The molecule has 1 fully saturated rings. The number of ether oxygens (including phenoxy) is 1. The van der Waals surface area contributed by atoms with Gasteiger partial charge in [-0.15, -0.1) is 11.3 Å². The molecule has 6 heteroatoms. The number of carbonyl (C=O) groups is 2. The van der Waals surface area contributed by atoms with E-state index in [-0.39, 0.29) is 23.6 Å². The van der Waals surface area contributed by atoms with Gasteiger partial charge in [-0.3, -0.25) is 4.79 Å². The molecule has 23 heavy (non-hydrogen) atoms. The summed E-state index contributed by atoms with van der Waals surface area (Å²) >= 11 is 1.06. The maximum Gasteiger partial charge on any atom is 0.367 e. The van der Waals surface area contributed by atoms with Crippen molar-refractivity contribution in [2.24, 2.45) is 5.92 Å². The summed E-state index contributed by atoms with van der Waals surface area (Å²) in [5, 5.41) is 3.28. The van der Waals surface area contributed by atoms with E-state index in [1.54, 1.807) is 6.92 Å². The van der Waals surface area contributed by atoms with Crippen molar-refractivity contribution in [2.45, 2.75) is 25.8 Å². The molecule has 0 radical (unpaired) electrons. The molecule has 1 heterocycles. The lowest BCUT2D eigenvalue weighted by Gasteiger charge is -2.18. The Morgan fingerprint density at radius 1 is 1.35 bits per heavy atom. The van der Waals surface area contributed by atoms with Gasteiger partial charge < -0.3 is 10.1 Å². The Kier molecular flexibility index (Phi) is 4.71. The summed E-state index contributed by atoms with van der Waals surface area (Å²) in [7, 11) is 0. The van der Waals surface area contributed by atoms with Crippen molar-refractivity contribution in [3.8, 4) is 0 Å². The maximum atomic E-state index is 12.5. The smallest absolute Gasteiger partial charge is 0.367 e. The number of aromatic nitrogens is 1. The second-order valence-corrected chi connectivity index (χ2v) is 6.48. The van der Waals surface area contributed by atoms with Gasteiger partial charge in [-0.1, -0.05) is 30.3 Å². The zero-order chi connectivity index (χ0) is 16.2. The molecule has 0 bridgehead atoms. The maximum absolute atomic E-state index is 12.5. The number of carbonyl (C=O) groups excluding carboxylic acids is 2. The van der Waals surface area contributed by atoms with Crippen LogP contribution in [0.5, 0.6) is 0 Å². The Morgan fingerprint density at radius 2 is 2.09 bits per heavy atom. The molecule has 0 aliphatic heterocycles. The predicted molar refractivity (Wildman–Crippen MR) is 87.4 cm³/mol. The molecule has 1 aliphatic carbocycles. The van der Waals surface area contributed by atoms with Crippen molar-refractivity contribution < 1.29 is 14.3 Å². The summed E-state index contributed by atoms with van der Waals surface area (Å²) in [6, 6.07) is 9.98. The molecule has 0 saturated heterocycles. The Labute approximate surface area is 138 Å². The normalized spacial score (nSPS) is 15.0. The van der Waals surface area contributed by atoms with Crippen LogP contribution in [0, 0.1) is 5.92 Å². The average molecular weight is 330 g/mol. The van der Waals surface area contributed by atoms with E-state index in [1.807, 2.05) is 30.3 Å². The highest BCUT2D eigenvalue weighted by Gasteiger charge is 2.33. The Morgan fingerprint density at radius 3 is 2.74 bits per heavy atom. The number of nitrogens with one attached hydrogen (secondary N) is 1. The molecular formula is C17H18N2O3S. The van der Waals surface area contributed by atoms with Crippen molar-refractivity contribution in [3.05, 3.63) is 52.0 Å². The van der Waals surface area contributed by atoms with Crippen LogP contribution in [0.2, 0.25) is 0 Å². The monoisotopic (exact) mass is 330 g/mol. The minimum Gasteiger partial charge on any atom is -0.461 e. The predicted octanol–water partition coefficient (Wildman–Crippen LogP) is 3.20. The average Bonchev–Trinajstić information content (AvgIpc) is 3.28. The first-order chi connectivity index (χ1) is 11.2. The summed E-state index contributed by atoms with van der Waals surface area (Å²) in [5.41, 5.74) is 1.11. The molecule has 5 nitrogen and oxygen atoms in total. The Balaban J connectivity index is 1.71. The van der Waals surface area contributed by atoms with Gasteiger partial charge in [0.05, 0.1) is 18.8 Å². The van der Waals surface area contributed by atoms with Crippen LogP contribution >= 0.6 is 11.3 Å². The Hall–Kier alpha value is -2.21. The summed E-state index contributed by atoms with van der Waals surface area (Å²) in [4.78, 5) is 28.5. The van der Waals surface area contributed by atoms with Crippen LogP contribution in [0.15, 0.2) is 36.5 Å². The van der Waals surface area contributed by atoms with Crippen LogP contribution in [-0.4, -0.2) is 23.5 Å². The zero-order valence-electron chi connectivity index (χ0n) is 12.8. The van der Waals surface area contributed by atoms with Crippen LogP contribution in [0.1, 0.15) is 50.8 Å². The Bertz CT molecular complexity index is 695. The van der Waals surface area contributed by atoms with E-state index < -0.39 is 5.97 Å². The fraction of sp³-hybridized carbons (Fsp3) is 0.353. The summed E-state index contributed by atoms with van der Waals surface area (Å²) in [6.07, 6.45) is 3.68. The highest BCUT2D eigenvalue weighted by atomic mass is 32.1. The van der Waals surface area contributed by atoms with E-state index in [0.29, 0.717) is 10.8 Å². The molecule has 1 aromatic carbocycles. The van der Waals surface area contributed by atoms with E-state index in [4.69, 9.17) is 4.74 Å². The number of nitrogens with zero attached hydrogens (tertiary/aromatic N) is 1. The van der Waals surface area contributed by atoms with E-state index in [1.165, 1.54) is 6.20 Å². The van der Waals surface area contributed by atoms with Gasteiger partial charge in [0.25, 0.3) is 5.91 Å². The van der Waals surface area contributed by atoms with Crippen LogP contribution in [0.25, 0.3) is 0 Å². The molecule has 1 saturated carbocycles. The summed E-state index contributed by atoms with van der Waals surface area (Å²) < 4.78 is 4.90. The van der Waals surface area contributed by atoms with Crippen molar-refractivity contribution >= 4 is 23.2 Å². The second kappa shape index (κ2) is 6.91. The molecule has 1 amide bonds. The molecule has 0 unspecified atom stereocenters. The topological polar surface area (TPSA) is 68.3 Å². The molecule has 1 N–H and O–H groups in total. The number of esters is 1. The van der Waals surface area contributed by atoms with Gasteiger partial charge in [0.15, 0.2) is 0 Å². The number of hydrogen-bond donors (Lipinski definition) is 1. The molecule has 1 aromatic heterocycles. The van der Waals surface area contributed by atoms with Crippen molar-refractivity contribution in [1.29, 1.82) is 0 Å². The summed E-state index contributed by atoms with van der Waals surface area (Å²) in [5.74, 6) is -0.198. The molecule has 1 atom stereocenters. The molecule has 120 valence electrons. The van der Waals surface area contributed by atoms with Gasteiger partial charge >= 0.3 is 5.97 Å². The number of benzene rings is 1. The third kappa shape index (κ3) is 3.76. The van der Waals surface area contributed by atoms with Crippen LogP contribution in [0.4, 0.5) is 0 Å². The molecular weight excluding hydrogens is 312 g/mol. The zero-order valence-corrected chi connectivity index (χ0v) is 13.6. The lowest BCUT2D eigenvalue weighted by Crippen LogP contribution is -2.29. The van der Waals surface area contributed by atoms with E-state index >= 15 is 0 Å². The summed E-state index contributed by atoms with van der Waals surface area (Å²) in [6.45, 7) is 2.02. The van der Waals surface area contributed by atoms with Crippen molar-refractivity contribution in [3.63, 3.8) is 0 Å². The minimum atomic E-state index is -0.488. The molecule has 0 spiro atoms. The number of hydrogen-bond acceptors (Lipinski definition) is 5. The largest absolute Gasteiger partial charge is 0.461 e. The van der Waals surface area contributed by atoms with Crippen molar-refractivity contribution in [2.75, 3.05) is 6.61 Å². The van der Waals surface area contributed by atoms with E-state index in [9.17, 15) is 9.59 Å². The standard InChI is InChI=1S/C17H18N2O3S/c1-2-22-17(21)16-18-10-13(23-16)15(20)19-14(12-8-9-12)11-6-4-3-5-7-11/h3-7,10,12,14H,2,8-9H2,1H3,(H,19,20)/t14-/m1/s1. The van der Waals surface area contributed by atoms with Crippen LogP contribution < -0.4 is 5.32 Å². The first-order valence-electron chi connectivity index (χ1n) is 7.67. The minimum absolute atomic E-state index is 0.0110. The van der Waals surface area contributed by atoms with Gasteiger partial charge in [-0.2, -0.15) is 0 Å². The van der Waals surface area contributed by atoms with Crippen molar-refractivity contribution in [1.82, 2.24) is 10.3 Å². The van der Waals surface area contributed by atoms with E-state index in [0.717, 1.165) is 29.7 Å². The lowest BCUT2D eigenvalue weighted by molar-refractivity contribution is 0.0526.